The van der Waals surface area contributed by atoms with Crippen LogP contribution in [0.5, 0.6) is 5.75 Å². The molecule has 0 aliphatic rings. The van der Waals surface area contributed by atoms with Crippen LogP contribution in [0.4, 0.5) is 0 Å². The molecule has 0 aliphatic carbocycles. The van der Waals surface area contributed by atoms with E-state index in [2.05, 4.69) is 35.4 Å². The Bertz CT molecular complexity index is 523. The second-order valence-electron chi connectivity index (χ2n) is 4.98. The summed E-state index contributed by atoms with van der Waals surface area (Å²) in [5, 5.41) is 3.39. The van der Waals surface area contributed by atoms with Crippen molar-refractivity contribution in [2.75, 3.05) is 6.54 Å². The predicted octanol–water partition coefficient (Wildman–Crippen LogP) is 3.47. The largest absolute Gasteiger partial charge is 0.489 e. The van der Waals surface area contributed by atoms with Gasteiger partial charge in [-0.1, -0.05) is 19.1 Å². The highest BCUT2D eigenvalue weighted by Gasteiger charge is 1.98. The lowest BCUT2D eigenvalue weighted by atomic mass is 10.2. The highest BCUT2D eigenvalue weighted by molar-refractivity contribution is 5.27. The number of aryl methyl sites for hydroxylation is 1. The molecule has 106 valence electrons. The monoisotopic (exact) mass is 270 g/mol. The molecular formula is C17H22N2O. The lowest BCUT2D eigenvalue weighted by molar-refractivity contribution is 0.305. The van der Waals surface area contributed by atoms with Gasteiger partial charge in [0.2, 0.25) is 0 Å². The van der Waals surface area contributed by atoms with Crippen molar-refractivity contribution in [3.05, 3.63) is 59.4 Å². The Balaban J connectivity index is 1.84. The van der Waals surface area contributed by atoms with Crippen molar-refractivity contribution >= 4 is 0 Å². The molecule has 0 spiro atoms. The van der Waals surface area contributed by atoms with E-state index in [1.165, 1.54) is 5.56 Å². The van der Waals surface area contributed by atoms with Gasteiger partial charge in [0.25, 0.3) is 0 Å². The molecule has 0 amide bonds. The third kappa shape index (κ3) is 4.67. The maximum atomic E-state index is 5.77. The molecule has 3 nitrogen and oxygen atoms in total. The molecule has 0 bridgehead atoms. The Kier molecular flexibility index (Phi) is 5.56. The smallest absolute Gasteiger partial charge is 0.119 e. The van der Waals surface area contributed by atoms with Gasteiger partial charge in [-0.2, -0.15) is 0 Å². The van der Waals surface area contributed by atoms with Gasteiger partial charge in [0, 0.05) is 24.5 Å². The number of hydrogen-bond donors (Lipinski definition) is 1. The van der Waals surface area contributed by atoms with Crippen LogP contribution in [0.25, 0.3) is 0 Å². The minimum Gasteiger partial charge on any atom is -0.489 e. The lowest BCUT2D eigenvalue weighted by Crippen LogP contribution is -2.13. The normalized spacial score (nSPS) is 10.5. The van der Waals surface area contributed by atoms with E-state index in [1.54, 1.807) is 0 Å². The Morgan fingerprint density at radius 2 is 1.90 bits per heavy atom. The topological polar surface area (TPSA) is 34.1 Å². The van der Waals surface area contributed by atoms with E-state index in [0.717, 1.165) is 36.4 Å². The van der Waals surface area contributed by atoms with Crippen molar-refractivity contribution in [3.8, 4) is 5.75 Å². The van der Waals surface area contributed by atoms with Gasteiger partial charge >= 0.3 is 0 Å². The molecule has 1 aromatic heterocycles. The van der Waals surface area contributed by atoms with E-state index in [-0.39, 0.29) is 0 Å². The number of hydrogen-bond acceptors (Lipinski definition) is 3. The molecule has 3 heteroatoms. The van der Waals surface area contributed by atoms with Gasteiger partial charge in [-0.05, 0) is 49.2 Å². The average molecular weight is 270 g/mol. The quantitative estimate of drug-likeness (QED) is 0.782. The van der Waals surface area contributed by atoms with Crippen LogP contribution < -0.4 is 10.1 Å². The molecule has 0 fully saturated rings. The Morgan fingerprint density at radius 3 is 2.60 bits per heavy atom. The van der Waals surface area contributed by atoms with E-state index in [1.807, 2.05) is 31.5 Å². The minimum atomic E-state index is 0.558. The molecule has 1 N–H and O–H groups in total. The molecule has 2 aromatic rings. The van der Waals surface area contributed by atoms with Gasteiger partial charge in [-0.15, -0.1) is 0 Å². The molecule has 0 saturated heterocycles. The van der Waals surface area contributed by atoms with Gasteiger partial charge in [-0.3, -0.25) is 4.98 Å². The summed E-state index contributed by atoms with van der Waals surface area (Å²) in [7, 11) is 0. The van der Waals surface area contributed by atoms with Gasteiger partial charge in [0.05, 0.1) is 0 Å². The number of nitrogens with zero attached hydrogens (tertiary/aromatic N) is 1. The standard InChI is InChI=1S/C17H22N2O/c1-3-8-18-11-15-4-6-17(7-5-15)20-13-16-9-14(2)10-19-12-16/h4-7,9-10,12,18H,3,8,11,13H2,1-2H3. The maximum absolute atomic E-state index is 5.77. The lowest BCUT2D eigenvalue weighted by Gasteiger charge is -2.08. The average Bonchev–Trinajstić information content (AvgIpc) is 2.47. The second-order valence-corrected chi connectivity index (χ2v) is 4.98. The zero-order valence-electron chi connectivity index (χ0n) is 12.2. The van der Waals surface area contributed by atoms with Crippen LogP contribution in [-0.2, 0) is 13.2 Å². The molecule has 0 unspecified atom stereocenters. The van der Waals surface area contributed by atoms with E-state index < -0.39 is 0 Å². The molecule has 1 aromatic carbocycles. The van der Waals surface area contributed by atoms with E-state index in [0.29, 0.717) is 6.61 Å². The van der Waals surface area contributed by atoms with Crippen LogP contribution in [0, 0.1) is 6.92 Å². The Hall–Kier alpha value is -1.87. The summed E-state index contributed by atoms with van der Waals surface area (Å²) in [6, 6.07) is 10.3. The van der Waals surface area contributed by atoms with Gasteiger partial charge in [0.15, 0.2) is 0 Å². The van der Waals surface area contributed by atoms with Gasteiger partial charge in [-0.25, -0.2) is 0 Å². The van der Waals surface area contributed by atoms with E-state index >= 15 is 0 Å². The SMILES string of the molecule is CCCNCc1ccc(OCc2cncc(C)c2)cc1. The summed E-state index contributed by atoms with van der Waals surface area (Å²) < 4.78 is 5.77. The van der Waals surface area contributed by atoms with Gasteiger partial charge in [0.1, 0.15) is 12.4 Å². The third-order valence-corrected chi connectivity index (χ3v) is 3.02. The number of pyridine rings is 1. The van der Waals surface area contributed by atoms with E-state index in [9.17, 15) is 0 Å². The molecular weight excluding hydrogens is 248 g/mol. The molecule has 0 radical (unpaired) electrons. The zero-order valence-corrected chi connectivity index (χ0v) is 12.2. The first-order chi connectivity index (χ1) is 9.78. The molecule has 20 heavy (non-hydrogen) atoms. The summed E-state index contributed by atoms with van der Waals surface area (Å²) in [6.07, 6.45) is 4.85. The van der Waals surface area contributed by atoms with Crippen molar-refractivity contribution in [3.63, 3.8) is 0 Å². The summed E-state index contributed by atoms with van der Waals surface area (Å²) in [4.78, 5) is 4.16. The van der Waals surface area contributed by atoms with Crippen molar-refractivity contribution in [1.29, 1.82) is 0 Å². The molecule has 0 saturated carbocycles. The highest BCUT2D eigenvalue weighted by Crippen LogP contribution is 2.14. The Morgan fingerprint density at radius 1 is 1.10 bits per heavy atom. The van der Waals surface area contributed by atoms with Crippen molar-refractivity contribution < 1.29 is 4.74 Å². The summed E-state index contributed by atoms with van der Waals surface area (Å²) in [5.41, 5.74) is 3.53. The fraction of sp³-hybridized carbons (Fsp3) is 0.353. The summed E-state index contributed by atoms with van der Waals surface area (Å²) in [6.45, 7) is 6.73. The third-order valence-electron chi connectivity index (χ3n) is 3.02. The van der Waals surface area contributed by atoms with Crippen LogP contribution in [0.2, 0.25) is 0 Å². The minimum absolute atomic E-state index is 0.558. The fourth-order valence-corrected chi connectivity index (χ4v) is 1.98. The number of nitrogens with one attached hydrogen (secondary N) is 1. The first-order valence-electron chi connectivity index (χ1n) is 7.11. The number of aromatic nitrogens is 1. The molecule has 0 aliphatic heterocycles. The van der Waals surface area contributed by atoms with Crippen molar-refractivity contribution in [2.45, 2.75) is 33.4 Å². The summed E-state index contributed by atoms with van der Waals surface area (Å²) >= 11 is 0. The molecule has 1 heterocycles. The van der Waals surface area contributed by atoms with Crippen LogP contribution >= 0.6 is 0 Å². The number of rotatable bonds is 7. The highest BCUT2D eigenvalue weighted by atomic mass is 16.5. The van der Waals surface area contributed by atoms with Crippen LogP contribution in [0.3, 0.4) is 0 Å². The number of ether oxygens (including phenoxy) is 1. The fourth-order valence-electron chi connectivity index (χ4n) is 1.98. The van der Waals surface area contributed by atoms with Crippen molar-refractivity contribution in [2.24, 2.45) is 0 Å². The molecule has 2 rings (SSSR count). The first-order valence-corrected chi connectivity index (χ1v) is 7.11. The van der Waals surface area contributed by atoms with E-state index in [4.69, 9.17) is 4.74 Å². The summed E-state index contributed by atoms with van der Waals surface area (Å²) in [5.74, 6) is 0.894. The van der Waals surface area contributed by atoms with Crippen LogP contribution in [0.15, 0.2) is 42.7 Å². The predicted molar refractivity (Wildman–Crippen MR) is 81.7 cm³/mol. The Labute approximate surface area is 121 Å². The maximum Gasteiger partial charge on any atom is 0.119 e. The van der Waals surface area contributed by atoms with Crippen LogP contribution in [-0.4, -0.2) is 11.5 Å². The molecule has 0 atom stereocenters. The second kappa shape index (κ2) is 7.65. The van der Waals surface area contributed by atoms with Crippen LogP contribution in [0.1, 0.15) is 30.0 Å². The number of benzene rings is 1. The van der Waals surface area contributed by atoms with Gasteiger partial charge < -0.3 is 10.1 Å². The zero-order chi connectivity index (χ0) is 14.2. The first kappa shape index (κ1) is 14.5. The van der Waals surface area contributed by atoms with Crippen molar-refractivity contribution in [1.82, 2.24) is 10.3 Å².